The summed E-state index contributed by atoms with van der Waals surface area (Å²) in [7, 11) is 3.47. The molecule has 3 aromatic rings. The Labute approximate surface area is 167 Å². The van der Waals surface area contributed by atoms with Crippen molar-refractivity contribution in [2.24, 2.45) is 7.05 Å². The summed E-state index contributed by atoms with van der Waals surface area (Å²) in [4.78, 5) is 29.9. The highest BCUT2D eigenvalue weighted by molar-refractivity contribution is 7.12. The molecule has 2 N–H and O–H groups in total. The van der Waals surface area contributed by atoms with E-state index in [1.807, 2.05) is 47.5 Å². The average Bonchev–Trinajstić information content (AvgIpc) is 3.38. The third kappa shape index (κ3) is 4.40. The number of aryl methyl sites for hydroxylation is 1. The molecule has 28 heavy (non-hydrogen) atoms. The number of nitrogens with zero attached hydrogens (tertiary/aromatic N) is 2. The summed E-state index contributed by atoms with van der Waals surface area (Å²) in [5.74, 6) is 0.852. The van der Waals surface area contributed by atoms with E-state index in [0.29, 0.717) is 10.7 Å². The van der Waals surface area contributed by atoms with Gasteiger partial charge in [-0.25, -0.2) is 4.98 Å². The van der Waals surface area contributed by atoms with Crippen LogP contribution in [-0.4, -0.2) is 34.5 Å². The lowest BCUT2D eigenvalue weighted by atomic mass is 10.1. The second-order valence-electron chi connectivity index (χ2n) is 6.28. The number of methoxy groups -OCH3 is 1. The monoisotopic (exact) mass is 398 g/mol. The van der Waals surface area contributed by atoms with Gasteiger partial charge in [-0.3, -0.25) is 9.59 Å². The van der Waals surface area contributed by atoms with Crippen molar-refractivity contribution in [2.45, 2.75) is 19.0 Å². The summed E-state index contributed by atoms with van der Waals surface area (Å²) < 4.78 is 7.06. The molecule has 0 bridgehead atoms. The standard InChI is InChI=1S/C20H22N4O3S/c1-13(22-20(26)16-5-4-12-28-16)19(25)23-17(18-21-10-11-24(18)2)14-6-8-15(27-3)9-7-14/h4-13,17H,1-3H3,(H,22,26)(H,23,25). The van der Waals surface area contributed by atoms with Gasteiger partial charge in [0, 0.05) is 19.4 Å². The zero-order valence-corrected chi connectivity index (χ0v) is 16.7. The van der Waals surface area contributed by atoms with Gasteiger partial charge in [0.2, 0.25) is 5.91 Å². The third-order valence-corrected chi connectivity index (χ3v) is 5.21. The maximum Gasteiger partial charge on any atom is 0.261 e. The molecule has 0 aliphatic heterocycles. The zero-order chi connectivity index (χ0) is 20.1. The van der Waals surface area contributed by atoms with E-state index in [0.717, 1.165) is 11.3 Å². The average molecular weight is 398 g/mol. The summed E-state index contributed by atoms with van der Waals surface area (Å²) in [5, 5.41) is 7.54. The highest BCUT2D eigenvalue weighted by atomic mass is 32.1. The van der Waals surface area contributed by atoms with Crippen molar-refractivity contribution >= 4 is 23.2 Å². The van der Waals surface area contributed by atoms with Crippen LogP contribution in [0.15, 0.2) is 54.2 Å². The molecule has 0 saturated carbocycles. The van der Waals surface area contributed by atoms with Crippen molar-refractivity contribution in [1.29, 1.82) is 0 Å². The number of rotatable bonds is 7. The van der Waals surface area contributed by atoms with E-state index in [2.05, 4.69) is 15.6 Å². The quantitative estimate of drug-likeness (QED) is 0.640. The Morgan fingerprint density at radius 1 is 1.18 bits per heavy atom. The lowest BCUT2D eigenvalue weighted by molar-refractivity contribution is -0.123. The number of nitrogens with one attached hydrogen (secondary N) is 2. The lowest BCUT2D eigenvalue weighted by Gasteiger charge is -2.22. The molecule has 2 unspecified atom stereocenters. The van der Waals surface area contributed by atoms with Gasteiger partial charge in [0.25, 0.3) is 5.91 Å². The first-order chi connectivity index (χ1) is 13.5. The number of ether oxygens (including phenoxy) is 1. The first-order valence-electron chi connectivity index (χ1n) is 8.75. The molecule has 2 aromatic heterocycles. The van der Waals surface area contributed by atoms with Gasteiger partial charge in [-0.2, -0.15) is 0 Å². The van der Waals surface area contributed by atoms with Crippen molar-refractivity contribution < 1.29 is 14.3 Å². The molecule has 3 rings (SSSR count). The van der Waals surface area contributed by atoms with Gasteiger partial charge < -0.3 is 19.9 Å². The second kappa shape index (κ2) is 8.71. The predicted molar refractivity (Wildman–Crippen MR) is 107 cm³/mol. The summed E-state index contributed by atoms with van der Waals surface area (Å²) in [6, 6.07) is 9.79. The molecule has 146 valence electrons. The first-order valence-corrected chi connectivity index (χ1v) is 9.63. The largest absolute Gasteiger partial charge is 0.497 e. The van der Waals surface area contributed by atoms with Crippen LogP contribution in [0.25, 0.3) is 0 Å². The van der Waals surface area contributed by atoms with Crippen molar-refractivity contribution in [3.05, 3.63) is 70.4 Å². The second-order valence-corrected chi connectivity index (χ2v) is 7.23. The maximum absolute atomic E-state index is 12.8. The molecule has 0 fully saturated rings. The van der Waals surface area contributed by atoms with Crippen LogP contribution in [-0.2, 0) is 11.8 Å². The fraction of sp³-hybridized carbons (Fsp3) is 0.250. The number of carbonyl (C=O) groups excluding carboxylic acids is 2. The minimum atomic E-state index is -0.699. The van der Waals surface area contributed by atoms with Crippen LogP contribution in [0.4, 0.5) is 0 Å². The number of benzene rings is 1. The first kappa shape index (κ1) is 19.6. The molecular weight excluding hydrogens is 376 g/mol. The number of amides is 2. The number of imidazole rings is 1. The molecule has 1 aromatic carbocycles. The third-order valence-electron chi connectivity index (χ3n) is 4.34. The molecule has 7 nitrogen and oxygen atoms in total. The molecule has 0 aliphatic rings. The fourth-order valence-electron chi connectivity index (χ4n) is 2.76. The van der Waals surface area contributed by atoms with Gasteiger partial charge in [0.15, 0.2) is 0 Å². The fourth-order valence-corrected chi connectivity index (χ4v) is 3.38. The van der Waals surface area contributed by atoms with Crippen molar-refractivity contribution in [3.8, 4) is 5.75 Å². The molecule has 2 atom stereocenters. The molecule has 8 heteroatoms. The van der Waals surface area contributed by atoms with Crippen LogP contribution in [0.1, 0.15) is 34.0 Å². The van der Waals surface area contributed by atoms with E-state index >= 15 is 0 Å². The lowest BCUT2D eigenvalue weighted by Crippen LogP contribution is -2.46. The van der Waals surface area contributed by atoms with E-state index in [4.69, 9.17) is 4.74 Å². The Kier molecular flexibility index (Phi) is 6.10. The minimum Gasteiger partial charge on any atom is -0.497 e. The van der Waals surface area contributed by atoms with Gasteiger partial charge in [-0.1, -0.05) is 18.2 Å². The summed E-state index contributed by atoms with van der Waals surface area (Å²) in [6.07, 6.45) is 3.50. The van der Waals surface area contributed by atoms with Gasteiger partial charge in [0.1, 0.15) is 23.7 Å². The Morgan fingerprint density at radius 3 is 2.50 bits per heavy atom. The summed E-state index contributed by atoms with van der Waals surface area (Å²) in [6.45, 7) is 1.66. The van der Waals surface area contributed by atoms with Crippen LogP contribution in [0.5, 0.6) is 5.75 Å². The maximum atomic E-state index is 12.8. The normalized spacial score (nSPS) is 12.8. The van der Waals surface area contributed by atoms with Crippen LogP contribution >= 0.6 is 11.3 Å². The number of hydrogen-bond acceptors (Lipinski definition) is 5. The van der Waals surface area contributed by atoms with Crippen molar-refractivity contribution in [3.63, 3.8) is 0 Å². The van der Waals surface area contributed by atoms with Gasteiger partial charge in [0.05, 0.1) is 12.0 Å². The van der Waals surface area contributed by atoms with Crippen LogP contribution in [0, 0.1) is 0 Å². The Morgan fingerprint density at radius 2 is 1.93 bits per heavy atom. The van der Waals surface area contributed by atoms with E-state index < -0.39 is 12.1 Å². The SMILES string of the molecule is COc1ccc(C(NC(=O)C(C)NC(=O)c2cccs2)c2nccn2C)cc1. The van der Waals surface area contributed by atoms with E-state index in [1.54, 1.807) is 32.4 Å². The summed E-state index contributed by atoms with van der Waals surface area (Å²) in [5.41, 5.74) is 0.861. The molecule has 0 radical (unpaired) electrons. The topological polar surface area (TPSA) is 85.2 Å². The van der Waals surface area contributed by atoms with Crippen molar-refractivity contribution in [1.82, 2.24) is 20.2 Å². The molecule has 0 saturated heterocycles. The van der Waals surface area contributed by atoms with Gasteiger partial charge >= 0.3 is 0 Å². The van der Waals surface area contributed by atoms with E-state index in [1.165, 1.54) is 11.3 Å². The number of thiophene rings is 1. The van der Waals surface area contributed by atoms with Gasteiger partial charge in [-0.15, -0.1) is 11.3 Å². The van der Waals surface area contributed by atoms with Crippen LogP contribution in [0.2, 0.25) is 0 Å². The highest BCUT2D eigenvalue weighted by Gasteiger charge is 2.24. The number of aromatic nitrogens is 2. The van der Waals surface area contributed by atoms with Crippen molar-refractivity contribution in [2.75, 3.05) is 7.11 Å². The molecular formula is C20H22N4O3S. The molecule has 0 aliphatic carbocycles. The smallest absolute Gasteiger partial charge is 0.261 e. The van der Waals surface area contributed by atoms with Crippen LogP contribution in [0.3, 0.4) is 0 Å². The Hall–Kier alpha value is -3.13. The Bertz CT molecular complexity index is 935. The molecule has 2 amide bonds. The molecule has 0 spiro atoms. The predicted octanol–water partition coefficient (Wildman–Crippen LogP) is 2.51. The highest BCUT2D eigenvalue weighted by Crippen LogP contribution is 2.23. The molecule has 2 heterocycles. The minimum absolute atomic E-state index is 0.268. The van der Waals surface area contributed by atoms with Gasteiger partial charge in [-0.05, 0) is 36.1 Å². The summed E-state index contributed by atoms with van der Waals surface area (Å²) >= 11 is 1.33. The van der Waals surface area contributed by atoms with Crippen LogP contribution < -0.4 is 15.4 Å². The number of hydrogen-bond donors (Lipinski definition) is 2. The van der Waals surface area contributed by atoms with E-state index in [-0.39, 0.29) is 11.8 Å². The Balaban J connectivity index is 1.77. The number of carbonyl (C=O) groups is 2. The van der Waals surface area contributed by atoms with E-state index in [9.17, 15) is 9.59 Å². The zero-order valence-electron chi connectivity index (χ0n) is 15.9.